The molecule has 0 saturated carbocycles. The molecule has 0 amide bonds. The van der Waals surface area contributed by atoms with Crippen molar-refractivity contribution in [3.05, 3.63) is 50.4 Å². The van der Waals surface area contributed by atoms with Crippen molar-refractivity contribution >= 4 is 27.3 Å². The fourth-order valence-electron chi connectivity index (χ4n) is 1.98. The summed E-state index contributed by atoms with van der Waals surface area (Å²) in [7, 11) is 0. The van der Waals surface area contributed by atoms with Crippen molar-refractivity contribution in [3.8, 4) is 0 Å². The lowest BCUT2D eigenvalue weighted by Crippen LogP contribution is -2.23. The normalized spacial score (nSPS) is 12.6. The highest BCUT2D eigenvalue weighted by Gasteiger charge is 2.16. The molecule has 2 aromatic rings. The van der Waals surface area contributed by atoms with Gasteiger partial charge in [-0.1, -0.05) is 6.92 Å². The molecule has 1 N–H and O–H groups in total. The van der Waals surface area contributed by atoms with Crippen molar-refractivity contribution in [2.24, 2.45) is 0 Å². The zero-order chi connectivity index (χ0) is 13.0. The molecule has 1 atom stereocenters. The highest BCUT2D eigenvalue weighted by Crippen LogP contribution is 2.28. The summed E-state index contributed by atoms with van der Waals surface area (Å²) >= 11 is 5.29. The number of hydrogen-bond acceptors (Lipinski definition) is 3. The molecule has 2 rings (SSSR count). The molecule has 0 spiro atoms. The molecule has 2 nitrogen and oxygen atoms in total. The van der Waals surface area contributed by atoms with Gasteiger partial charge in [0, 0.05) is 21.7 Å². The third-order valence-electron chi connectivity index (χ3n) is 2.87. The molecule has 0 fully saturated rings. The predicted molar refractivity (Wildman–Crippen MR) is 81.1 cm³/mol. The third kappa shape index (κ3) is 3.19. The quantitative estimate of drug-likeness (QED) is 0.886. The van der Waals surface area contributed by atoms with Crippen LogP contribution in [0.25, 0.3) is 0 Å². The van der Waals surface area contributed by atoms with Crippen molar-refractivity contribution in [2.45, 2.75) is 26.3 Å². The van der Waals surface area contributed by atoms with E-state index >= 15 is 0 Å². The molecule has 18 heavy (non-hydrogen) atoms. The fraction of sp³-hybridized carbons (Fsp3) is 0.357. The average Bonchev–Trinajstić information content (AvgIpc) is 2.77. The van der Waals surface area contributed by atoms with Gasteiger partial charge in [0.15, 0.2) is 0 Å². The minimum absolute atomic E-state index is 0.237. The fourth-order valence-corrected chi connectivity index (χ4v) is 3.10. The molecule has 0 radical (unpaired) electrons. The molecule has 0 bridgehead atoms. The van der Waals surface area contributed by atoms with E-state index < -0.39 is 0 Å². The molecular weight excluding hydrogens is 308 g/mol. The Balaban J connectivity index is 2.33. The van der Waals surface area contributed by atoms with Gasteiger partial charge < -0.3 is 5.32 Å². The van der Waals surface area contributed by atoms with Gasteiger partial charge in [0.2, 0.25) is 0 Å². The van der Waals surface area contributed by atoms with E-state index in [1.54, 1.807) is 11.3 Å². The van der Waals surface area contributed by atoms with Crippen LogP contribution in [0.5, 0.6) is 0 Å². The number of halogens is 1. The largest absolute Gasteiger partial charge is 0.306 e. The first kappa shape index (κ1) is 13.7. The van der Waals surface area contributed by atoms with Gasteiger partial charge in [0.25, 0.3) is 0 Å². The average molecular weight is 325 g/mol. The van der Waals surface area contributed by atoms with Crippen LogP contribution in [0, 0.1) is 6.92 Å². The van der Waals surface area contributed by atoms with Crippen molar-refractivity contribution in [2.75, 3.05) is 6.54 Å². The lowest BCUT2D eigenvalue weighted by atomic mass is 10.0. The zero-order valence-corrected chi connectivity index (χ0v) is 13.0. The van der Waals surface area contributed by atoms with E-state index in [1.807, 2.05) is 12.4 Å². The standard InChI is InChI=1S/C14H17BrN2S/c1-3-5-17-14(13-4-6-18-10(13)2)11-7-12(15)9-16-8-11/h4,6-9,14,17H,3,5H2,1-2H3. The van der Waals surface area contributed by atoms with Crippen LogP contribution in [0.15, 0.2) is 34.4 Å². The van der Waals surface area contributed by atoms with Gasteiger partial charge in [-0.25, -0.2) is 0 Å². The Labute approximate surface area is 121 Å². The maximum atomic E-state index is 4.27. The first-order chi connectivity index (χ1) is 8.72. The second-order valence-corrected chi connectivity index (χ2v) is 6.29. The Morgan fingerprint density at radius 1 is 1.44 bits per heavy atom. The molecule has 0 aliphatic carbocycles. The summed E-state index contributed by atoms with van der Waals surface area (Å²) in [6.45, 7) is 5.36. The van der Waals surface area contributed by atoms with Crippen molar-refractivity contribution in [3.63, 3.8) is 0 Å². The minimum Gasteiger partial charge on any atom is -0.306 e. The van der Waals surface area contributed by atoms with E-state index in [0.717, 1.165) is 17.4 Å². The van der Waals surface area contributed by atoms with Gasteiger partial charge in [-0.05, 0) is 64.5 Å². The van der Waals surface area contributed by atoms with Crippen LogP contribution in [0.2, 0.25) is 0 Å². The second kappa shape index (κ2) is 6.45. The van der Waals surface area contributed by atoms with Gasteiger partial charge in [-0.2, -0.15) is 0 Å². The Hall–Kier alpha value is -0.710. The molecular formula is C14H17BrN2S. The van der Waals surface area contributed by atoms with Gasteiger partial charge in [-0.3, -0.25) is 4.98 Å². The maximum absolute atomic E-state index is 4.27. The van der Waals surface area contributed by atoms with Crippen molar-refractivity contribution < 1.29 is 0 Å². The molecule has 4 heteroatoms. The van der Waals surface area contributed by atoms with Gasteiger partial charge in [0.05, 0.1) is 6.04 Å². The molecule has 96 valence electrons. The monoisotopic (exact) mass is 324 g/mol. The highest BCUT2D eigenvalue weighted by molar-refractivity contribution is 9.10. The molecule has 0 aromatic carbocycles. The Morgan fingerprint density at radius 3 is 2.89 bits per heavy atom. The summed E-state index contributed by atoms with van der Waals surface area (Å²) in [6.07, 6.45) is 4.89. The first-order valence-corrected chi connectivity index (χ1v) is 7.77. The number of aromatic nitrogens is 1. The van der Waals surface area contributed by atoms with Crippen LogP contribution < -0.4 is 5.32 Å². The van der Waals surface area contributed by atoms with Crippen LogP contribution >= 0.6 is 27.3 Å². The molecule has 1 unspecified atom stereocenters. The summed E-state index contributed by atoms with van der Waals surface area (Å²) < 4.78 is 1.02. The lowest BCUT2D eigenvalue weighted by Gasteiger charge is -2.19. The molecule has 0 saturated heterocycles. The summed E-state index contributed by atoms with van der Waals surface area (Å²) in [6, 6.07) is 4.58. The predicted octanol–water partition coefficient (Wildman–Crippen LogP) is 4.30. The van der Waals surface area contributed by atoms with E-state index in [1.165, 1.54) is 16.0 Å². The van der Waals surface area contributed by atoms with E-state index in [9.17, 15) is 0 Å². The summed E-state index contributed by atoms with van der Waals surface area (Å²) in [5.41, 5.74) is 2.56. The van der Waals surface area contributed by atoms with Crippen molar-refractivity contribution in [1.82, 2.24) is 10.3 Å². The van der Waals surface area contributed by atoms with Crippen LogP contribution in [0.4, 0.5) is 0 Å². The lowest BCUT2D eigenvalue weighted by molar-refractivity contribution is 0.596. The Kier molecular flexibility index (Phi) is 4.92. The Morgan fingerprint density at radius 2 is 2.28 bits per heavy atom. The third-order valence-corrected chi connectivity index (χ3v) is 4.16. The number of nitrogens with one attached hydrogen (secondary N) is 1. The van der Waals surface area contributed by atoms with Gasteiger partial charge in [-0.15, -0.1) is 11.3 Å². The topological polar surface area (TPSA) is 24.9 Å². The highest BCUT2D eigenvalue weighted by atomic mass is 79.9. The number of pyridine rings is 1. The van der Waals surface area contributed by atoms with Crippen molar-refractivity contribution in [1.29, 1.82) is 0 Å². The smallest absolute Gasteiger partial charge is 0.0603 e. The summed E-state index contributed by atoms with van der Waals surface area (Å²) in [4.78, 5) is 5.63. The number of thiophene rings is 1. The molecule has 0 aliphatic rings. The van der Waals surface area contributed by atoms with Gasteiger partial charge >= 0.3 is 0 Å². The number of hydrogen-bond donors (Lipinski definition) is 1. The second-order valence-electron chi connectivity index (χ2n) is 4.26. The molecule has 2 aromatic heterocycles. The summed E-state index contributed by atoms with van der Waals surface area (Å²) in [5, 5.41) is 5.75. The van der Waals surface area contributed by atoms with E-state index in [-0.39, 0.29) is 6.04 Å². The molecule has 2 heterocycles. The van der Waals surface area contributed by atoms with Crippen LogP contribution in [0.1, 0.15) is 35.4 Å². The number of rotatable bonds is 5. The van der Waals surface area contributed by atoms with E-state index in [0.29, 0.717) is 0 Å². The Bertz CT molecular complexity index is 510. The van der Waals surface area contributed by atoms with Crippen LogP contribution in [0.3, 0.4) is 0 Å². The zero-order valence-electron chi connectivity index (χ0n) is 10.6. The van der Waals surface area contributed by atoms with E-state index in [2.05, 4.69) is 57.6 Å². The van der Waals surface area contributed by atoms with Crippen LogP contribution in [-0.4, -0.2) is 11.5 Å². The van der Waals surface area contributed by atoms with E-state index in [4.69, 9.17) is 0 Å². The van der Waals surface area contributed by atoms with Crippen LogP contribution in [-0.2, 0) is 0 Å². The number of aryl methyl sites for hydroxylation is 1. The SMILES string of the molecule is CCCNC(c1cncc(Br)c1)c1ccsc1C. The molecule has 0 aliphatic heterocycles. The van der Waals surface area contributed by atoms with Gasteiger partial charge in [0.1, 0.15) is 0 Å². The first-order valence-electron chi connectivity index (χ1n) is 6.10. The minimum atomic E-state index is 0.237. The summed E-state index contributed by atoms with van der Waals surface area (Å²) in [5.74, 6) is 0. The maximum Gasteiger partial charge on any atom is 0.0603 e. The number of nitrogens with zero attached hydrogens (tertiary/aromatic N) is 1.